The number of hydrogen-bond acceptors (Lipinski definition) is 3. The van der Waals surface area contributed by atoms with Crippen LogP contribution in [0.5, 0.6) is 0 Å². The number of primary amides is 1. The predicted octanol–water partition coefficient (Wildman–Crippen LogP) is 2.55. The Bertz CT molecular complexity index is 738. The maximum Gasteiger partial charge on any atom is 0.251 e. The summed E-state index contributed by atoms with van der Waals surface area (Å²) >= 11 is 0. The van der Waals surface area contributed by atoms with Gasteiger partial charge in [0.05, 0.1) is 11.1 Å². The van der Waals surface area contributed by atoms with Gasteiger partial charge in [0.2, 0.25) is 0 Å². The van der Waals surface area contributed by atoms with Crippen LogP contribution in [0.3, 0.4) is 0 Å². The number of nitriles is 1. The molecule has 0 saturated heterocycles. The molecule has 0 spiro atoms. The lowest BCUT2D eigenvalue weighted by atomic mass is 10.1. The molecule has 21 heavy (non-hydrogen) atoms. The Morgan fingerprint density at radius 1 is 1.19 bits per heavy atom. The van der Waals surface area contributed by atoms with Gasteiger partial charge in [-0.3, -0.25) is 4.79 Å². The molecule has 4 nitrogen and oxygen atoms in total. The number of nitrogens with zero attached hydrogens (tertiary/aromatic N) is 1. The van der Waals surface area contributed by atoms with Crippen LogP contribution in [0, 0.1) is 23.0 Å². The van der Waals surface area contributed by atoms with Gasteiger partial charge in [-0.1, -0.05) is 6.07 Å². The third kappa shape index (κ3) is 3.34. The van der Waals surface area contributed by atoms with Gasteiger partial charge in [-0.05, 0) is 35.9 Å². The Hall–Kier alpha value is -2.94. The van der Waals surface area contributed by atoms with Crippen LogP contribution in [0.2, 0.25) is 0 Å². The molecule has 0 aliphatic heterocycles. The number of nitrogens with two attached hydrogens (primary N) is 1. The summed E-state index contributed by atoms with van der Waals surface area (Å²) in [4.78, 5) is 11.0. The van der Waals surface area contributed by atoms with Crippen molar-refractivity contribution < 1.29 is 13.6 Å². The first kappa shape index (κ1) is 14.5. The maximum absolute atomic E-state index is 13.3. The molecule has 2 aromatic carbocycles. The molecule has 1 amide bonds. The Labute approximate surface area is 119 Å². The van der Waals surface area contributed by atoms with E-state index in [1.54, 1.807) is 6.07 Å². The van der Waals surface area contributed by atoms with Crippen LogP contribution in [0.25, 0.3) is 0 Å². The van der Waals surface area contributed by atoms with Crippen molar-refractivity contribution in [1.29, 1.82) is 5.26 Å². The second-order valence-electron chi connectivity index (χ2n) is 4.34. The van der Waals surface area contributed by atoms with E-state index >= 15 is 0 Å². The fourth-order valence-electron chi connectivity index (χ4n) is 1.80. The normalized spacial score (nSPS) is 9.95. The molecule has 0 aromatic heterocycles. The van der Waals surface area contributed by atoms with Crippen LogP contribution < -0.4 is 11.1 Å². The van der Waals surface area contributed by atoms with Crippen LogP contribution in [-0.2, 0) is 6.54 Å². The molecular formula is C15H11F2N3O. The molecule has 0 aliphatic carbocycles. The zero-order valence-electron chi connectivity index (χ0n) is 10.9. The molecule has 106 valence electrons. The number of carbonyl (C=O) groups is 1. The van der Waals surface area contributed by atoms with Gasteiger partial charge in [0, 0.05) is 12.2 Å². The lowest BCUT2D eigenvalue weighted by molar-refractivity contribution is 0.0996. The van der Waals surface area contributed by atoms with Crippen LogP contribution in [0.4, 0.5) is 14.5 Å². The van der Waals surface area contributed by atoms with Gasteiger partial charge >= 0.3 is 0 Å². The van der Waals surface area contributed by atoms with Crippen molar-refractivity contribution in [3.05, 3.63) is 64.7 Å². The maximum atomic E-state index is 13.3. The van der Waals surface area contributed by atoms with Crippen molar-refractivity contribution in [3.8, 4) is 6.07 Å². The average molecular weight is 287 g/mol. The molecule has 0 fully saturated rings. The molecule has 0 unspecified atom stereocenters. The average Bonchev–Trinajstić information content (AvgIpc) is 2.47. The number of amides is 1. The van der Waals surface area contributed by atoms with Crippen molar-refractivity contribution in [2.24, 2.45) is 5.73 Å². The van der Waals surface area contributed by atoms with Crippen LogP contribution in [-0.4, -0.2) is 5.91 Å². The van der Waals surface area contributed by atoms with Gasteiger partial charge in [0.1, 0.15) is 17.7 Å². The molecule has 0 radical (unpaired) electrons. The van der Waals surface area contributed by atoms with E-state index in [9.17, 15) is 13.6 Å². The van der Waals surface area contributed by atoms with E-state index in [1.807, 2.05) is 0 Å². The number of hydrogen-bond donors (Lipinski definition) is 2. The predicted molar refractivity (Wildman–Crippen MR) is 73.4 cm³/mol. The molecule has 2 rings (SSSR count). The minimum atomic E-state index is -0.857. The highest BCUT2D eigenvalue weighted by molar-refractivity contribution is 5.94. The van der Waals surface area contributed by atoms with E-state index in [0.29, 0.717) is 17.8 Å². The number of halogens is 2. The molecule has 0 heterocycles. The fraction of sp³-hybridized carbons (Fsp3) is 0.0667. The molecule has 0 atom stereocenters. The van der Waals surface area contributed by atoms with Crippen molar-refractivity contribution in [2.75, 3.05) is 5.32 Å². The number of carbonyl (C=O) groups excluding carboxylic acids is 1. The summed E-state index contributed by atoms with van der Waals surface area (Å²) in [7, 11) is 0. The van der Waals surface area contributed by atoms with E-state index in [4.69, 9.17) is 11.0 Å². The Morgan fingerprint density at radius 2 is 1.90 bits per heavy atom. The van der Waals surface area contributed by atoms with Gasteiger partial charge in [-0.15, -0.1) is 0 Å². The Morgan fingerprint density at radius 3 is 2.57 bits per heavy atom. The van der Waals surface area contributed by atoms with Crippen LogP contribution in [0.15, 0.2) is 36.4 Å². The quantitative estimate of drug-likeness (QED) is 0.907. The fourth-order valence-corrected chi connectivity index (χ4v) is 1.80. The lowest BCUT2D eigenvalue weighted by Crippen LogP contribution is -2.13. The molecule has 0 bridgehead atoms. The van der Waals surface area contributed by atoms with E-state index in [1.165, 1.54) is 30.3 Å². The summed E-state index contributed by atoms with van der Waals surface area (Å²) < 4.78 is 26.5. The van der Waals surface area contributed by atoms with Crippen molar-refractivity contribution >= 4 is 11.6 Å². The second kappa shape index (κ2) is 6.01. The van der Waals surface area contributed by atoms with Crippen molar-refractivity contribution in [2.45, 2.75) is 6.54 Å². The summed E-state index contributed by atoms with van der Waals surface area (Å²) in [6.07, 6.45) is 0. The first-order chi connectivity index (χ1) is 10.0. The topological polar surface area (TPSA) is 78.9 Å². The van der Waals surface area contributed by atoms with Crippen LogP contribution in [0.1, 0.15) is 21.5 Å². The van der Waals surface area contributed by atoms with Crippen molar-refractivity contribution in [3.63, 3.8) is 0 Å². The van der Waals surface area contributed by atoms with Gasteiger partial charge in [0.15, 0.2) is 0 Å². The summed E-state index contributed by atoms with van der Waals surface area (Å²) in [5, 5.41) is 11.7. The van der Waals surface area contributed by atoms with Gasteiger partial charge in [-0.25, -0.2) is 8.78 Å². The summed E-state index contributed by atoms with van der Waals surface area (Å²) in [5.74, 6) is -2.13. The number of rotatable bonds is 4. The van der Waals surface area contributed by atoms with E-state index in [-0.39, 0.29) is 11.1 Å². The molecule has 0 aliphatic rings. The van der Waals surface area contributed by atoms with E-state index in [2.05, 4.69) is 5.32 Å². The zero-order valence-corrected chi connectivity index (χ0v) is 10.9. The minimum absolute atomic E-state index is 0.0498. The van der Waals surface area contributed by atoms with E-state index in [0.717, 1.165) is 6.07 Å². The largest absolute Gasteiger partial charge is 0.381 e. The lowest BCUT2D eigenvalue weighted by Gasteiger charge is -2.08. The second-order valence-corrected chi connectivity index (χ2v) is 4.34. The standard InChI is InChI=1S/C15H11F2N3O/c16-13-3-1-9(5-10(13)7-18)8-20-11-2-4-14(17)12(6-11)15(19)21/h1-6,20H,8H2,(H2,19,21). The van der Waals surface area contributed by atoms with Gasteiger partial charge < -0.3 is 11.1 Å². The minimum Gasteiger partial charge on any atom is -0.381 e. The first-order valence-electron chi connectivity index (χ1n) is 6.03. The van der Waals surface area contributed by atoms with Crippen molar-refractivity contribution in [1.82, 2.24) is 0 Å². The SMILES string of the molecule is N#Cc1cc(CNc2ccc(F)c(C(N)=O)c2)ccc1F. The smallest absolute Gasteiger partial charge is 0.251 e. The molecular weight excluding hydrogens is 276 g/mol. The first-order valence-corrected chi connectivity index (χ1v) is 6.03. The van der Waals surface area contributed by atoms with Gasteiger partial charge in [0.25, 0.3) is 5.91 Å². The number of benzene rings is 2. The molecule has 2 aromatic rings. The Balaban J connectivity index is 2.15. The molecule has 3 N–H and O–H groups in total. The highest BCUT2D eigenvalue weighted by Gasteiger charge is 2.09. The monoisotopic (exact) mass is 287 g/mol. The Kier molecular flexibility index (Phi) is 4.14. The van der Waals surface area contributed by atoms with Crippen LogP contribution >= 0.6 is 0 Å². The van der Waals surface area contributed by atoms with Gasteiger partial charge in [-0.2, -0.15) is 5.26 Å². The third-order valence-electron chi connectivity index (χ3n) is 2.88. The highest BCUT2D eigenvalue weighted by Crippen LogP contribution is 2.16. The summed E-state index contributed by atoms with van der Waals surface area (Å²) in [5.41, 5.74) is 5.97. The highest BCUT2D eigenvalue weighted by atomic mass is 19.1. The third-order valence-corrected chi connectivity index (χ3v) is 2.88. The molecule has 6 heteroatoms. The summed E-state index contributed by atoms with van der Waals surface area (Å²) in [6.45, 7) is 0.290. The number of nitrogens with one attached hydrogen (secondary N) is 1. The molecule has 0 saturated carbocycles. The summed E-state index contributed by atoms with van der Waals surface area (Å²) in [6, 6.07) is 9.79. The van der Waals surface area contributed by atoms with E-state index < -0.39 is 17.5 Å². The number of anilines is 1. The zero-order chi connectivity index (χ0) is 15.4.